The van der Waals surface area contributed by atoms with Gasteiger partial charge in [0, 0.05) is 17.0 Å². The number of nitrogens with one attached hydrogen (secondary N) is 1. The van der Waals surface area contributed by atoms with Gasteiger partial charge in [0.25, 0.3) is 5.91 Å². The van der Waals surface area contributed by atoms with Gasteiger partial charge in [0.2, 0.25) is 10.0 Å². The van der Waals surface area contributed by atoms with Crippen molar-refractivity contribution in [2.45, 2.75) is 18.4 Å². The molecule has 2 rings (SSSR count). The number of amides is 1. The molecule has 132 valence electrons. The molecule has 0 radical (unpaired) electrons. The van der Waals surface area contributed by atoms with Crippen molar-refractivity contribution in [2.75, 3.05) is 13.1 Å². The highest BCUT2D eigenvalue weighted by molar-refractivity contribution is 7.89. The SMILES string of the molecule is C#CCNS(=O)(=O)c1cccc(C(=O)N(CC)Cc2ccc(Cl)s2)c1. The van der Waals surface area contributed by atoms with Crippen molar-refractivity contribution in [3.05, 3.63) is 51.2 Å². The summed E-state index contributed by atoms with van der Waals surface area (Å²) in [6.07, 6.45) is 5.08. The van der Waals surface area contributed by atoms with Crippen LogP contribution in [0.25, 0.3) is 0 Å². The van der Waals surface area contributed by atoms with Crippen molar-refractivity contribution >= 4 is 38.9 Å². The van der Waals surface area contributed by atoms with Crippen LogP contribution >= 0.6 is 22.9 Å². The highest BCUT2D eigenvalue weighted by Gasteiger charge is 2.19. The largest absolute Gasteiger partial charge is 0.334 e. The van der Waals surface area contributed by atoms with E-state index in [9.17, 15) is 13.2 Å². The number of halogens is 1. The lowest BCUT2D eigenvalue weighted by molar-refractivity contribution is 0.0754. The van der Waals surface area contributed by atoms with Crippen LogP contribution in [-0.2, 0) is 16.6 Å². The Labute approximate surface area is 156 Å². The van der Waals surface area contributed by atoms with E-state index in [0.29, 0.717) is 23.0 Å². The molecular formula is C17H17ClN2O3S2. The molecule has 0 unspecified atom stereocenters. The van der Waals surface area contributed by atoms with E-state index in [-0.39, 0.29) is 17.3 Å². The van der Waals surface area contributed by atoms with Crippen LogP contribution in [0.4, 0.5) is 0 Å². The molecule has 0 saturated carbocycles. The number of benzene rings is 1. The summed E-state index contributed by atoms with van der Waals surface area (Å²) in [5.41, 5.74) is 0.299. The van der Waals surface area contributed by atoms with Crippen LogP contribution in [0.5, 0.6) is 0 Å². The van der Waals surface area contributed by atoms with E-state index in [1.165, 1.54) is 29.5 Å². The van der Waals surface area contributed by atoms with Gasteiger partial charge in [0.1, 0.15) is 0 Å². The molecule has 1 amide bonds. The lowest BCUT2D eigenvalue weighted by Crippen LogP contribution is -2.30. The molecule has 1 aromatic carbocycles. The molecule has 1 heterocycles. The molecule has 5 nitrogen and oxygen atoms in total. The Morgan fingerprint density at radius 1 is 1.36 bits per heavy atom. The molecule has 0 fully saturated rings. The third-order valence-corrected chi connectivity index (χ3v) is 6.01. The van der Waals surface area contributed by atoms with Crippen molar-refractivity contribution in [3.8, 4) is 12.3 Å². The summed E-state index contributed by atoms with van der Waals surface area (Å²) < 4.78 is 27.2. The maximum Gasteiger partial charge on any atom is 0.254 e. The minimum Gasteiger partial charge on any atom is -0.334 e. The number of thiophene rings is 1. The fourth-order valence-corrected chi connectivity index (χ4v) is 4.23. The first-order chi connectivity index (χ1) is 11.9. The first kappa shape index (κ1) is 19.5. The molecule has 0 saturated heterocycles. The van der Waals surface area contributed by atoms with Crippen LogP contribution in [0.2, 0.25) is 4.34 Å². The number of terminal acetylenes is 1. The van der Waals surface area contributed by atoms with Crippen LogP contribution in [0.3, 0.4) is 0 Å². The maximum absolute atomic E-state index is 12.7. The van der Waals surface area contributed by atoms with Gasteiger partial charge < -0.3 is 4.90 Å². The highest BCUT2D eigenvalue weighted by atomic mass is 35.5. The Morgan fingerprint density at radius 3 is 2.72 bits per heavy atom. The number of carbonyl (C=O) groups excluding carboxylic acids is 1. The summed E-state index contributed by atoms with van der Waals surface area (Å²) >= 11 is 7.33. The fourth-order valence-electron chi connectivity index (χ4n) is 2.15. The van der Waals surface area contributed by atoms with Gasteiger partial charge in [-0.3, -0.25) is 4.79 Å². The molecule has 1 aromatic heterocycles. The average Bonchev–Trinajstić information content (AvgIpc) is 3.02. The van der Waals surface area contributed by atoms with Gasteiger partial charge in [-0.15, -0.1) is 17.8 Å². The molecule has 1 N–H and O–H groups in total. The first-order valence-corrected chi connectivity index (χ1v) is 10.1. The summed E-state index contributed by atoms with van der Waals surface area (Å²) in [7, 11) is -3.75. The van der Waals surface area contributed by atoms with Gasteiger partial charge in [-0.2, -0.15) is 4.72 Å². The maximum atomic E-state index is 12.7. The average molecular weight is 397 g/mol. The fraction of sp³-hybridized carbons (Fsp3) is 0.235. The highest BCUT2D eigenvalue weighted by Crippen LogP contribution is 2.23. The predicted molar refractivity (Wildman–Crippen MR) is 100 cm³/mol. The monoisotopic (exact) mass is 396 g/mol. The third-order valence-electron chi connectivity index (χ3n) is 3.40. The van der Waals surface area contributed by atoms with E-state index in [1.807, 2.05) is 13.0 Å². The smallest absolute Gasteiger partial charge is 0.254 e. The quantitative estimate of drug-likeness (QED) is 0.731. The Morgan fingerprint density at radius 2 is 2.12 bits per heavy atom. The van der Waals surface area contributed by atoms with Gasteiger partial charge in [-0.1, -0.05) is 23.6 Å². The zero-order valence-corrected chi connectivity index (χ0v) is 15.9. The normalized spacial score (nSPS) is 11.1. The molecular weight excluding hydrogens is 380 g/mol. The third kappa shape index (κ3) is 5.06. The van der Waals surface area contributed by atoms with E-state index in [0.717, 1.165) is 4.88 Å². The number of hydrogen-bond acceptors (Lipinski definition) is 4. The van der Waals surface area contributed by atoms with E-state index < -0.39 is 10.0 Å². The van der Waals surface area contributed by atoms with Crippen molar-refractivity contribution in [1.29, 1.82) is 0 Å². The van der Waals surface area contributed by atoms with E-state index in [2.05, 4.69) is 10.6 Å². The van der Waals surface area contributed by atoms with E-state index in [1.54, 1.807) is 17.0 Å². The number of nitrogens with zero attached hydrogens (tertiary/aromatic N) is 1. The van der Waals surface area contributed by atoms with Gasteiger partial charge in [0.05, 0.1) is 22.3 Å². The van der Waals surface area contributed by atoms with Gasteiger partial charge >= 0.3 is 0 Å². The molecule has 0 atom stereocenters. The van der Waals surface area contributed by atoms with E-state index in [4.69, 9.17) is 18.0 Å². The molecule has 0 aliphatic carbocycles. The van der Waals surface area contributed by atoms with Crippen LogP contribution in [0, 0.1) is 12.3 Å². The van der Waals surface area contributed by atoms with Crippen LogP contribution in [-0.4, -0.2) is 32.3 Å². The van der Waals surface area contributed by atoms with Crippen molar-refractivity contribution in [2.24, 2.45) is 0 Å². The Balaban J connectivity index is 2.23. The summed E-state index contributed by atoms with van der Waals surface area (Å²) in [5, 5.41) is 0. The topological polar surface area (TPSA) is 66.5 Å². The summed E-state index contributed by atoms with van der Waals surface area (Å²) in [4.78, 5) is 15.3. The predicted octanol–water partition coefficient (Wildman–Crippen LogP) is 2.98. The zero-order valence-electron chi connectivity index (χ0n) is 13.5. The molecule has 2 aromatic rings. The van der Waals surface area contributed by atoms with Gasteiger partial charge in [-0.25, -0.2) is 8.42 Å². The van der Waals surface area contributed by atoms with Crippen molar-refractivity contribution < 1.29 is 13.2 Å². The van der Waals surface area contributed by atoms with Crippen LogP contribution in [0.15, 0.2) is 41.3 Å². The van der Waals surface area contributed by atoms with Crippen molar-refractivity contribution in [3.63, 3.8) is 0 Å². The molecule has 8 heteroatoms. The van der Waals surface area contributed by atoms with Gasteiger partial charge in [-0.05, 0) is 37.3 Å². The molecule has 0 bridgehead atoms. The summed E-state index contributed by atoms with van der Waals surface area (Å²) in [6, 6.07) is 9.55. The second-order valence-corrected chi connectivity index (χ2v) is 8.65. The molecule has 25 heavy (non-hydrogen) atoms. The minimum absolute atomic E-state index is 0.00354. The number of hydrogen-bond donors (Lipinski definition) is 1. The lowest BCUT2D eigenvalue weighted by Gasteiger charge is -2.20. The summed E-state index contributed by atoms with van der Waals surface area (Å²) in [6.45, 7) is 2.66. The number of sulfonamides is 1. The number of rotatable bonds is 7. The van der Waals surface area contributed by atoms with Crippen molar-refractivity contribution in [1.82, 2.24) is 9.62 Å². The molecule has 0 aliphatic heterocycles. The Hall–Kier alpha value is -1.85. The minimum atomic E-state index is -3.75. The first-order valence-electron chi connectivity index (χ1n) is 7.44. The van der Waals surface area contributed by atoms with Crippen LogP contribution < -0.4 is 4.72 Å². The number of carbonyl (C=O) groups is 1. The Kier molecular flexibility index (Phi) is 6.62. The molecule has 0 aliphatic rings. The second kappa shape index (κ2) is 8.50. The van der Waals surface area contributed by atoms with Crippen LogP contribution in [0.1, 0.15) is 22.2 Å². The zero-order chi connectivity index (χ0) is 18.4. The molecule has 0 spiro atoms. The standard InChI is InChI=1S/C17H17ClN2O3S2/c1-3-10-19-25(22,23)15-7-5-6-13(11-15)17(21)20(4-2)12-14-8-9-16(18)24-14/h1,5-9,11,19H,4,10,12H2,2H3. The van der Waals surface area contributed by atoms with E-state index >= 15 is 0 Å². The summed E-state index contributed by atoms with van der Waals surface area (Å²) in [5.74, 6) is 1.96. The second-order valence-electron chi connectivity index (χ2n) is 5.08. The van der Waals surface area contributed by atoms with Gasteiger partial charge in [0.15, 0.2) is 0 Å². The Bertz CT molecular complexity index is 901. The lowest BCUT2D eigenvalue weighted by atomic mass is 10.2.